The molecule has 7 heteroatoms. The van der Waals surface area contributed by atoms with Crippen LogP contribution in [0.2, 0.25) is 0 Å². The van der Waals surface area contributed by atoms with Crippen molar-refractivity contribution in [3.8, 4) is 23.1 Å². The molecule has 0 radical (unpaired) electrons. The van der Waals surface area contributed by atoms with E-state index in [9.17, 15) is 15.2 Å². The van der Waals surface area contributed by atoms with E-state index in [0.717, 1.165) is 5.56 Å². The van der Waals surface area contributed by atoms with Crippen LogP contribution in [-0.4, -0.2) is 21.3 Å². The van der Waals surface area contributed by atoms with E-state index in [2.05, 4.69) is 20.5 Å². The molecule has 0 fully saturated rings. The highest BCUT2D eigenvalue weighted by molar-refractivity contribution is 5.81. The van der Waals surface area contributed by atoms with E-state index in [1.807, 2.05) is 12.1 Å². The number of hydrogen-bond donors (Lipinski definition) is 3. The maximum Gasteiger partial charge on any atom is 0.270 e. The number of aryl methyl sites for hydroxylation is 1. The molecule has 2 aromatic carbocycles. The molecule has 3 N–H and O–H groups in total. The zero-order valence-corrected chi connectivity index (χ0v) is 13.9. The quantitative estimate of drug-likeness (QED) is 0.497. The van der Waals surface area contributed by atoms with Crippen LogP contribution < -0.4 is 11.0 Å². The summed E-state index contributed by atoms with van der Waals surface area (Å²) in [6, 6.07) is 16.0. The Morgan fingerprint density at radius 1 is 1.27 bits per heavy atom. The van der Waals surface area contributed by atoms with Crippen molar-refractivity contribution >= 4 is 12.2 Å². The number of hydrogen-bond acceptors (Lipinski definition) is 6. The number of phenols is 1. The second-order valence-electron chi connectivity index (χ2n) is 5.53. The molecule has 3 rings (SSSR count). The van der Waals surface area contributed by atoms with E-state index in [1.165, 1.54) is 6.21 Å². The predicted molar refractivity (Wildman–Crippen MR) is 99.1 cm³/mol. The molecule has 0 saturated carbocycles. The Kier molecular flexibility index (Phi) is 4.76. The van der Waals surface area contributed by atoms with Gasteiger partial charge in [0.2, 0.25) is 5.95 Å². The Labute approximate surface area is 149 Å². The first-order valence-electron chi connectivity index (χ1n) is 7.77. The number of H-pyrrole nitrogens is 1. The predicted octanol–water partition coefficient (Wildman–Crippen LogP) is 2.77. The van der Waals surface area contributed by atoms with Gasteiger partial charge in [0, 0.05) is 5.56 Å². The largest absolute Gasteiger partial charge is 0.508 e. The lowest BCUT2D eigenvalue weighted by Gasteiger charge is -2.06. The van der Waals surface area contributed by atoms with Crippen LogP contribution in [-0.2, 0) is 0 Å². The Morgan fingerprint density at radius 3 is 2.73 bits per heavy atom. The average molecular weight is 345 g/mol. The Morgan fingerprint density at radius 2 is 2.04 bits per heavy atom. The molecule has 0 bridgehead atoms. The van der Waals surface area contributed by atoms with Gasteiger partial charge in [0.05, 0.1) is 11.9 Å². The summed E-state index contributed by atoms with van der Waals surface area (Å²) in [6.07, 6.45) is 1.49. The van der Waals surface area contributed by atoms with Crippen molar-refractivity contribution in [1.82, 2.24) is 9.97 Å². The standard InChI is InChI=1S/C19H15N5O2/c1-12-7-8-13(9-16(12)25)11-21-24-19-22-17(14-5-3-2-4-6-14)15(10-20)18(26)23-19/h2-9,11,25H,1H3,(H2,22,23,24,26). The molecule has 0 unspecified atom stereocenters. The molecular weight excluding hydrogens is 330 g/mol. The van der Waals surface area contributed by atoms with E-state index in [1.54, 1.807) is 49.4 Å². The number of hydrazone groups is 1. The van der Waals surface area contributed by atoms with E-state index in [-0.39, 0.29) is 23.0 Å². The zero-order valence-electron chi connectivity index (χ0n) is 13.9. The second-order valence-corrected chi connectivity index (χ2v) is 5.53. The smallest absolute Gasteiger partial charge is 0.270 e. The van der Waals surface area contributed by atoms with Crippen LogP contribution in [0.5, 0.6) is 5.75 Å². The van der Waals surface area contributed by atoms with Crippen LogP contribution >= 0.6 is 0 Å². The molecule has 0 atom stereocenters. The van der Waals surface area contributed by atoms with E-state index in [4.69, 9.17) is 0 Å². The number of aromatic nitrogens is 2. The minimum atomic E-state index is -0.549. The highest BCUT2D eigenvalue weighted by Gasteiger charge is 2.12. The lowest BCUT2D eigenvalue weighted by molar-refractivity contribution is 0.471. The van der Waals surface area contributed by atoms with Gasteiger partial charge in [-0.25, -0.2) is 10.4 Å². The third-order valence-electron chi connectivity index (χ3n) is 3.70. The lowest BCUT2D eigenvalue weighted by Crippen LogP contribution is -2.16. The number of rotatable bonds is 4. The van der Waals surface area contributed by atoms with Crippen molar-refractivity contribution in [2.24, 2.45) is 5.10 Å². The third-order valence-corrected chi connectivity index (χ3v) is 3.70. The van der Waals surface area contributed by atoms with E-state index in [0.29, 0.717) is 11.1 Å². The molecule has 3 aromatic rings. The normalized spacial score (nSPS) is 10.6. The molecule has 0 amide bonds. The average Bonchev–Trinajstić information content (AvgIpc) is 2.65. The topological polar surface area (TPSA) is 114 Å². The fourth-order valence-corrected chi connectivity index (χ4v) is 2.31. The summed E-state index contributed by atoms with van der Waals surface area (Å²) < 4.78 is 0. The second kappa shape index (κ2) is 7.32. The van der Waals surface area contributed by atoms with Crippen molar-refractivity contribution in [1.29, 1.82) is 5.26 Å². The van der Waals surface area contributed by atoms with Crippen LogP contribution in [0.4, 0.5) is 5.95 Å². The fraction of sp³-hybridized carbons (Fsp3) is 0.0526. The van der Waals surface area contributed by atoms with E-state index < -0.39 is 5.56 Å². The summed E-state index contributed by atoms with van der Waals surface area (Å²) in [5, 5.41) is 23.0. The van der Waals surface area contributed by atoms with Gasteiger partial charge in [0.1, 0.15) is 17.4 Å². The van der Waals surface area contributed by atoms with Crippen LogP contribution in [0.15, 0.2) is 58.4 Å². The van der Waals surface area contributed by atoms with Crippen LogP contribution in [0.25, 0.3) is 11.3 Å². The summed E-state index contributed by atoms with van der Waals surface area (Å²) in [5.74, 6) is 0.283. The number of nitrogens with zero attached hydrogens (tertiary/aromatic N) is 3. The minimum Gasteiger partial charge on any atom is -0.508 e. The van der Waals surface area contributed by atoms with Crippen LogP contribution in [0.3, 0.4) is 0 Å². The number of nitrogens with one attached hydrogen (secondary N) is 2. The summed E-state index contributed by atoms with van der Waals surface area (Å²) in [4.78, 5) is 18.9. The minimum absolute atomic E-state index is 0.0609. The molecule has 0 aliphatic rings. The number of benzene rings is 2. The monoisotopic (exact) mass is 345 g/mol. The SMILES string of the molecule is Cc1ccc(C=NNc2nc(-c3ccccc3)c(C#N)c(=O)[nH]2)cc1O. The summed E-state index contributed by atoms with van der Waals surface area (Å²) >= 11 is 0. The van der Waals surface area contributed by atoms with E-state index >= 15 is 0 Å². The number of phenolic OH excluding ortho intramolecular Hbond substituents is 1. The Balaban J connectivity index is 1.90. The molecule has 1 aromatic heterocycles. The van der Waals surface area contributed by atoms with Crippen molar-refractivity contribution in [3.05, 3.63) is 75.6 Å². The number of anilines is 1. The first-order valence-corrected chi connectivity index (χ1v) is 7.77. The van der Waals surface area contributed by atoms with Crippen LogP contribution in [0.1, 0.15) is 16.7 Å². The molecule has 0 spiro atoms. The molecule has 26 heavy (non-hydrogen) atoms. The van der Waals surface area contributed by atoms with Gasteiger partial charge in [0.25, 0.3) is 5.56 Å². The maximum atomic E-state index is 12.1. The first kappa shape index (κ1) is 16.9. The third kappa shape index (κ3) is 3.60. The van der Waals surface area contributed by atoms with Gasteiger partial charge in [0.15, 0.2) is 0 Å². The summed E-state index contributed by atoms with van der Waals surface area (Å²) in [5.41, 5.74) is 4.41. The zero-order chi connectivity index (χ0) is 18.5. The molecule has 7 nitrogen and oxygen atoms in total. The van der Waals surface area contributed by atoms with Gasteiger partial charge in [-0.2, -0.15) is 10.4 Å². The Hall–Kier alpha value is -3.92. The summed E-state index contributed by atoms with van der Waals surface area (Å²) in [6.45, 7) is 1.80. The number of nitriles is 1. The van der Waals surface area contributed by atoms with Gasteiger partial charge in [-0.1, -0.05) is 42.5 Å². The number of aromatic hydroxyl groups is 1. The van der Waals surface area contributed by atoms with Crippen molar-refractivity contribution in [2.45, 2.75) is 6.92 Å². The molecular formula is C19H15N5O2. The van der Waals surface area contributed by atoms with Crippen molar-refractivity contribution in [3.63, 3.8) is 0 Å². The van der Waals surface area contributed by atoms with Gasteiger partial charge in [-0.3, -0.25) is 9.78 Å². The molecule has 1 heterocycles. The van der Waals surface area contributed by atoms with Gasteiger partial charge in [-0.15, -0.1) is 0 Å². The molecule has 128 valence electrons. The van der Waals surface area contributed by atoms with Gasteiger partial charge < -0.3 is 5.11 Å². The lowest BCUT2D eigenvalue weighted by atomic mass is 10.1. The van der Waals surface area contributed by atoms with Gasteiger partial charge in [-0.05, 0) is 24.1 Å². The molecule has 0 saturated heterocycles. The Bertz CT molecular complexity index is 1070. The van der Waals surface area contributed by atoms with Crippen molar-refractivity contribution in [2.75, 3.05) is 5.43 Å². The summed E-state index contributed by atoms with van der Waals surface area (Å²) in [7, 11) is 0. The maximum absolute atomic E-state index is 12.1. The highest BCUT2D eigenvalue weighted by atomic mass is 16.3. The van der Waals surface area contributed by atoms with Crippen LogP contribution in [0, 0.1) is 18.3 Å². The van der Waals surface area contributed by atoms with Gasteiger partial charge >= 0.3 is 0 Å². The molecule has 0 aliphatic heterocycles. The fourth-order valence-electron chi connectivity index (χ4n) is 2.31. The first-order chi connectivity index (χ1) is 12.6. The number of aromatic amines is 1. The molecule has 0 aliphatic carbocycles. The van der Waals surface area contributed by atoms with Crippen molar-refractivity contribution < 1.29 is 5.11 Å². The highest BCUT2D eigenvalue weighted by Crippen LogP contribution is 2.19.